The molecule has 2 heterocycles. The van der Waals surface area contributed by atoms with Gasteiger partial charge in [-0.05, 0) is 53.6 Å². The van der Waals surface area contributed by atoms with E-state index in [0.29, 0.717) is 43.7 Å². The van der Waals surface area contributed by atoms with Gasteiger partial charge >= 0.3 is 6.36 Å². The lowest BCUT2D eigenvalue weighted by Crippen LogP contribution is -2.28. The van der Waals surface area contributed by atoms with Crippen molar-refractivity contribution in [3.63, 3.8) is 0 Å². The zero-order valence-electron chi connectivity index (χ0n) is 18.6. The molecule has 2 atom stereocenters. The summed E-state index contributed by atoms with van der Waals surface area (Å²) in [5.41, 5.74) is 2.94. The predicted octanol–water partition coefficient (Wildman–Crippen LogP) is 6.07. The standard InChI is InChI=1S/C26H27F3N2O3/c27-26(28,29)34-23-8-4-7-20(13-23)15-30-25-10-9-22(16-31-25)21-11-12-33-24(14-21)18-32-17-19-5-2-1-3-6-19/h1-10,13,16,21,24H,11-12,14-15,17-18H2,(H,30,31). The molecule has 0 spiro atoms. The Morgan fingerprint density at radius 3 is 2.59 bits per heavy atom. The van der Waals surface area contributed by atoms with Gasteiger partial charge in [0, 0.05) is 19.3 Å². The van der Waals surface area contributed by atoms with Crippen LogP contribution in [-0.2, 0) is 22.6 Å². The van der Waals surface area contributed by atoms with Crippen LogP contribution in [0, 0.1) is 0 Å². The summed E-state index contributed by atoms with van der Waals surface area (Å²) in [5.74, 6) is 0.759. The van der Waals surface area contributed by atoms with Crippen LogP contribution in [0.15, 0.2) is 72.9 Å². The number of nitrogens with zero attached hydrogens (tertiary/aromatic N) is 1. The third-order valence-electron chi connectivity index (χ3n) is 5.65. The molecule has 0 radical (unpaired) electrons. The molecule has 4 rings (SSSR count). The Morgan fingerprint density at radius 1 is 1.00 bits per heavy atom. The third kappa shape index (κ3) is 7.46. The summed E-state index contributed by atoms with van der Waals surface area (Å²) in [6.45, 7) is 2.13. The van der Waals surface area contributed by atoms with E-state index in [-0.39, 0.29) is 11.9 Å². The van der Waals surface area contributed by atoms with E-state index in [1.807, 2.05) is 48.7 Å². The van der Waals surface area contributed by atoms with Gasteiger partial charge in [0.05, 0.1) is 19.3 Å². The third-order valence-corrected chi connectivity index (χ3v) is 5.65. The number of ether oxygens (including phenoxy) is 3. The topological polar surface area (TPSA) is 52.6 Å². The lowest BCUT2D eigenvalue weighted by molar-refractivity contribution is -0.274. The van der Waals surface area contributed by atoms with Crippen molar-refractivity contribution in [2.45, 2.75) is 44.4 Å². The molecule has 1 aliphatic heterocycles. The molecule has 0 bridgehead atoms. The van der Waals surface area contributed by atoms with Gasteiger partial charge in [0.25, 0.3) is 0 Å². The number of hydrogen-bond acceptors (Lipinski definition) is 5. The number of pyridine rings is 1. The first kappa shape index (κ1) is 24.0. The summed E-state index contributed by atoms with van der Waals surface area (Å²) in [6, 6.07) is 19.9. The Bertz CT molecular complexity index is 1030. The first-order valence-electron chi connectivity index (χ1n) is 11.2. The predicted molar refractivity (Wildman–Crippen MR) is 123 cm³/mol. The van der Waals surface area contributed by atoms with Crippen molar-refractivity contribution in [1.29, 1.82) is 0 Å². The Labute approximate surface area is 196 Å². The van der Waals surface area contributed by atoms with Crippen LogP contribution in [0.3, 0.4) is 0 Å². The lowest BCUT2D eigenvalue weighted by atomic mass is 9.90. The van der Waals surface area contributed by atoms with Gasteiger partial charge in [0.1, 0.15) is 11.6 Å². The molecule has 5 nitrogen and oxygen atoms in total. The Kier molecular flexibility index (Phi) is 8.03. The molecule has 0 aliphatic carbocycles. The van der Waals surface area contributed by atoms with Gasteiger partial charge < -0.3 is 19.5 Å². The van der Waals surface area contributed by atoms with Gasteiger partial charge in [-0.2, -0.15) is 0 Å². The highest BCUT2D eigenvalue weighted by molar-refractivity contribution is 5.38. The van der Waals surface area contributed by atoms with Crippen LogP contribution >= 0.6 is 0 Å². The molecule has 1 aromatic heterocycles. The number of nitrogens with one attached hydrogen (secondary N) is 1. The van der Waals surface area contributed by atoms with Crippen molar-refractivity contribution in [2.24, 2.45) is 0 Å². The van der Waals surface area contributed by atoms with Crippen LogP contribution in [0.1, 0.15) is 35.4 Å². The van der Waals surface area contributed by atoms with Gasteiger partial charge in [-0.3, -0.25) is 0 Å². The maximum absolute atomic E-state index is 12.4. The molecule has 2 unspecified atom stereocenters. The monoisotopic (exact) mass is 472 g/mol. The molecule has 1 N–H and O–H groups in total. The molecule has 34 heavy (non-hydrogen) atoms. The summed E-state index contributed by atoms with van der Waals surface area (Å²) in [4.78, 5) is 4.48. The summed E-state index contributed by atoms with van der Waals surface area (Å²) in [5, 5.41) is 3.14. The second kappa shape index (κ2) is 11.4. The maximum atomic E-state index is 12.4. The molecule has 0 saturated carbocycles. The number of benzene rings is 2. The fraction of sp³-hybridized carbons (Fsp3) is 0.346. The molecule has 1 saturated heterocycles. The van der Waals surface area contributed by atoms with Gasteiger partial charge in [0.15, 0.2) is 0 Å². The number of alkyl halides is 3. The quantitative estimate of drug-likeness (QED) is 0.410. The van der Waals surface area contributed by atoms with Gasteiger partial charge in [-0.1, -0.05) is 48.5 Å². The minimum atomic E-state index is -4.71. The summed E-state index contributed by atoms with van der Waals surface area (Å²) >= 11 is 0. The van der Waals surface area contributed by atoms with Crippen LogP contribution < -0.4 is 10.1 Å². The zero-order valence-corrected chi connectivity index (χ0v) is 18.6. The SMILES string of the molecule is FC(F)(F)Oc1cccc(CNc2ccc(C3CCOC(COCc4ccccc4)C3)cn2)c1. The van der Waals surface area contributed by atoms with Crippen molar-refractivity contribution < 1.29 is 27.4 Å². The van der Waals surface area contributed by atoms with E-state index in [9.17, 15) is 13.2 Å². The van der Waals surface area contributed by atoms with Crippen LogP contribution in [0.25, 0.3) is 0 Å². The van der Waals surface area contributed by atoms with Crippen molar-refractivity contribution in [2.75, 3.05) is 18.5 Å². The zero-order chi connectivity index (χ0) is 23.8. The summed E-state index contributed by atoms with van der Waals surface area (Å²) in [6.07, 6.45) is -1.01. The molecule has 3 aromatic rings. The van der Waals surface area contributed by atoms with Crippen LogP contribution in [0.2, 0.25) is 0 Å². The van der Waals surface area contributed by atoms with Gasteiger partial charge in [-0.25, -0.2) is 4.98 Å². The van der Waals surface area contributed by atoms with Gasteiger partial charge in [-0.15, -0.1) is 13.2 Å². The second-order valence-corrected chi connectivity index (χ2v) is 8.24. The molecule has 1 fully saturated rings. The van der Waals surface area contributed by atoms with E-state index in [4.69, 9.17) is 9.47 Å². The Hall–Kier alpha value is -3.10. The van der Waals surface area contributed by atoms with Crippen LogP contribution in [-0.4, -0.2) is 30.7 Å². The number of anilines is 1. The Morgan fingerprint density at radius 2 is 1.82 bits per heavy atom. The van der Waals surface area contributed by atoms with Crippen molar-refractivity contribution in [1.82, 2.24) is 4.98 Å². The van der Waals surface area contributed by atoms with Crippen LogP contribution in [0.4, 0.5) is 19.0 Å². The molecule has 180 valence electrons. The minimum Gasteiger partial charge on any atom is -0.406 e. The minimum absolute atomic E-state index is 0.0476. The first-order chi connectivity index (χ1) is 16.4. The summed E-state index contributed by atoms with van der Waals surface area (Å²) < 4.78 is 52.9. The number of halogens is 3. The smallest absolute Gasteiger partial charge is 0.406 e. The molecule has 2 aromatic carbocycles. The van der Waals surface area contributed by atoms with E-state index >= 15 is 0 Å². The van der Waals surface area contributed by atoms with E-state index in [1.54, 1.807) is 6.07 Å². The van der Waals surface area contributed by atoms with E-state index in [0.717, 1.165) is 24.0 Å². The van der Waals surface area contributed by atoms with Crippen molar-refractivity contribution in [3.05, 3.63) is 89.6 Å². The number of aromatic nitrogens is 1. The second-order valence-electron chi connectivity index (χ2n) is 8.24. The van der Waals surface area contributed by atoms with E-state index in [1.165, 1.54) is 18.2 Å². The average molecular weight is 473 g/mol. The maximum Gasteiger partial charge on any atom is 0.573 e. The highest BCUT2D eigenvalue weighted by Gasteiger charge is 2.31. The normalized spacial score (nSPS) is 18.4. The Balaban J connectivity index is 1.25. The van der Waals surface area contributed by atoms with Crippen LogP contribution in [0.5, 0.6) is 5.75 Å². The fourth-order valence-electron chi connectivity index (χ4n) is 3.98. The molecule has 0 amide bonds. The average Bonchev–Trinajstić information content (AvgIpc) is 2.83. The van der Waals surface area contributed by atoms with E-state index in [2.05, 4.69) is 15.0 Å². The van der Waals surface area contributed by atoms with E-state index < -0.39 is 6.36 Å². The number of rotatable bonds is 9. The highest BCUT2D eigenvalue weighted by Crippen LogP contribution is 2.30. The number of hydrogen-bond donors (Lipinski definition) is 1. The van der Waals surface area contributed by atoms with Crippen molar-refractivity contribution >= 4 is 5.82 Å². The fourth-order valence-corrected chi connectivity index (χ4v) is 3.98. The summed E-state index contributed by atoms with van der Waals surface area (Å²) in [7, 11) is 0. The first-order valence-corrected chi connectivity index (χ1v) is 11.2. The van der Waals surface area contributed by atoms with Crippen molar-refractivity contribution in [3.8, 4) is 5.75 Å². The van der Waals surface area contributed by atoms with Gasteiger partial charge in [0.2, 0.25) is 0 Å². The highest BCUT2D eigenvalue weighted by atomic mass is 19.4. The lowest BCUT2D eigenvalue weighted by Gasteiger charge is -2.29. The molecule has 1 aliphatic rings. The molecular weight excluding hydrogens is 445 g/mol. The molecule has 8 heteroatoms. The largest absolute Gasteiger partial charge is 0.573 e. The molecular formula is C26H27F3N2O3.